The van der Waals surface area contributed by atoms with Gasteiger partial charge in [-0.1, -0.05) is 19.1 Å². The summed E-state index contributed by atoms with van der Waals surface area (Å²) in [6.45, 7) is 4.40. The lowest BCUT2D eigenvalue weighted by Gasteiger charge is -2.28. The van der Waals surface area contributed by atoms with Crippen molar-refractivity contribution in [2.75, 3.05) is 19.7 Å². The second-order valence-electron chi connectivity index (χ2n) is 5.17. The second-order valence-corrected chi connectivity index (χ2v) is 5.61. The minimum absolute atomic E-state index is 0.0130. The first-order valence-corrected chi connectivity index (χ1v) is 7.81. The van der Waals surface area contributed by atoms with E-state index in [1.165, 1.54) is 6.42 Å². The lowest BCUT2D eigenvalue weighted by atomic mass is 10.1. The fraction of sp³-hybridized carbons (Fsp3) is 0.562. The van der Waals surface area contributed by atoms with Gasteiger partial charge in [-0.25, -0.2) is 0 Å². The molecule has 4 heteroatoms. The van der Waals surface area contributed by atoms with Crippen molar-refractivity contribution >= 4 is 17.5 Å². The van der Waals surface area contributed by atoms with Gasteiger partial charge in [-0.3, -0.25) is 4.79 Å². The van der Waals surface area contributed by atoms with Gasteiger partial charge in [0.05, 0.1) is 6.61 Å². The van der Waals surface area contributed by atoms with Gasteiger partial charge < -0.3 is 9.64 Å². The van der Waals surface area contributed by atoms with Gasteiger partial charge in [0.15, 0.2) is 0 Å². The maximum atomic E-state index is 12.4. The largest absolute Gasteiger partial charge is 0.494 e. The molecule has 0 saturated carbocycles. The van der Waals surface area contributed by atoms with Crippen molar-refractivity contribution in [1.29, 1.82) is 0 Å². The van der Waals surface area contributed by atoms with Gasteiger partial charge in [-0.2, -0.15) is 0 Å². The Morgan fingerprint density at radius 1 is 1.35 bits per heavy atom. The number of rotatable bonds is 5. The van der Waals surface area contributed by atoms with Crippen molar-refractivity contribution in [3.63, 3.8) is 0 Å². The Kier molecular flexibility index (Phi) is 5.72. The minimum Gasteiger partial charge on any atom is -0.494 e. The Morgan fingerprint density at radius 2 is 2.10 bits per heavy atom. The number of likely N-dealkylation sites (tertiary alicyclic amines) is 1. The topological polar surface area (TPSA) is 29.5 Å². The molecule has 110 valence electrons. The number of halogens is 1. The molecule has 0 aliphatic carbocycles. The highest BCUT2D eigenvalue weighted by Crippen LogP contribution is 2.27. The number of carbonyl (C=O) groups excluding carboxylic acids is 1. The summed E-state index contributed by atoms with van der Waals surface area (Å²) in [7, 11) is 0. The van der Waals surface area contributed by atoms with Crippen LogP contribution in [0.4, 0.5) is 0 Å². The highest BCUT2D eigenvalue weighted by atomic mass is 35.5. The molecule has 1 fully saturated rings. The van der Waals surface area contributed by atoms with Crippen molar-refractivity contribution in [3.05, 3.63) is 29.8 Å². The molecule has 1 heterocycles. The maximum Gasteiger partial charge on any atom is 0.245 e. The summed E-state index contributed by atoms with van der Waals surface area (Å²) in [5.41, 5.74) is 0.816. The Hall–Kier alpha value is -1.22. The zero-order chi connectivity index (χ0) is 14.4. The molecule has 2 rings (SSSR count). The third kappa shape index (κ3) is 3.89. The molecule has 0 aromatic heterocycles. The number of nitrogens with zero attached hydrogens (tertiary/aromatic N) is 1. The quantitative estimate of drug-likeness (QED) is 0.774. The maximum absolute atomic E-state index is 12.4. The number of ether oxygens (including phenoxy) is 1. The summed E-state index contributed by atoms with van der Waals surface area (Å²) in [4.78, 5) is 14.3. The van der Waals surface area contributed by atoms with Crippen molar-refractivity contribution in [1.82, 2.24) is 4.90 Å². The summed E-state index contributed by atoms with van der Waals surface area (Å²) in [5.74, 6) is 0.792. The number of piperidine rings is 1. The smallest absolute Gasteiger partial charge is 0.245 e. The molecule has 1 aromatic rings. The van der Waals surface area contributed by atoms with Gasteiger partial charge >= 0.3 is 0 Å². The van der Waals surface area contributed by atoms with Gasteiger partial charge in [0.2, 0.25) is 5.91 Å². The molecule has 3 nitrogen and oxygen atoms in total. The number of amides is 1. The standard InChI is InChI=1S/C16H22ClNO2/c1-2-11-20-14-8-6-7-13(12-14)15(17)16(19)18-9-4-3-5-10-18/h6-8,12,15H,2-5,9-11H2,1H3. The Morgan fingerprint density at radius 3 is 2.80 bits per heavy atom. The van der Waals surface area contributed by atoms with Crippen LogP contribution in [0, 0.1) is 0 Å². The highest BCUT2D eigenvalue weighted by molar-refractivity contribution is 6.30. The van der Waals surface area contributed by atoms with E-state index in [-0.39, 0.29) is 5.91 Å². The Balaban J connectivity index is 2.03. The first-order chi connectivity index (χ1) is 9.72. The molecule has 0 bridgehead atoms. The van der Waals surface area contributed by atoms with Crippen molar-refractivity contribution in [2.24, 2.45) is 0 Å². The minimum atomic E-state index is -0.613. The number of carbonyl (C=O) groups is 1. The zero-order valence-electron chi connectivity index (χ0n) is 12.0. The first-order valence-electron chi connectivity index (χ1n) is 7.38. The number of alkyl halides is 1. The van der Waals surface area contributed by atoms with Crippen LogP contribution in [0.2, 0.25) is 0 Å². The molecule has 0 N–H and O–H groups in total. The van der Waals surface area contributed by atoms with E-state index in [0.717, 1.165) is 43.7 Å². The molecule has 1 unspecified atom stereocenters. The van der Waals surface area contributed by atoms with Gasteiger partial charge in [-0.05, 0) is 43.4 Å². The van der Waals surface area contributed by atoms with Crippen LogP contribution in [0.25, 0.3) is 0 Å². The molecule has 0 spiro atoms. The monoisotopic (exact) mass is 295 g/mol. The zero-order valence-corrected chi connectivity index (χ0v) is 12.7. The lowest BCUT2D eigenvalue weighted by Crippen LogP contribution is -2.37. The van der Waals surface area contributed by atoms with E-state index >= 15 is 0 Å². The highest BCUT2D eigenvalue weighted by Gasteiger charge is 2.25. The van der Waals surface area contributed by atoms with Crippen LogP contribution in [0.3, 0.4) is 0 Å². The summed E-state index contributed by atoms with van der Waals surface area (Å²) in [6, 6.07) is 7.54. The van der Waals surface area contributed by atoms with Crippen LogP contribution < -0.4 is 4.74 Å². The fourth-order valence-electron chi connectivity index (χ4n) is 2.40. The average Bonchev–Trinajstić information content (AvgIpc) is 2.52. The third-order valence-electron chi connectivity index (χ3n) is 3.51. The third-order valence-corrected chi connectivity index (χ3v) is 3.95. The molecule has 1 amide bonds. The average molecular weight is 296 g/mol. The summed E-state index contributed by atoms with van der Waals surface area (Å²) in [5, 5.41) is -0.613. The SMILES string of the molecule is CCCOc1cccc(C(Cl)C(=O)N2CCCCC2)c1. The molecular weight excluding hydrogens is 274 g/mol. The number of hydrogen-bond acceptors (Lipinski definition) is 2. The van der Waals surface area contributed by atoms with Gasteiger partial charge in [-0.15, -0.1) is 11.6 Å². The van der Waals surface area contributed by atoms with Crippen molar-refractivity contribution in [3.8, 4) is 5.75 Å². The predicted octanol–water partition coefficient (Wildman–Crippen LogP) is 3.77. The molecule has 1 aromatic carbocycles. The number of benzene rings is 1. The van der Waals surface area contributed by atoms with Crippen LogP contribution in [-0.4, -0.2) is 30.5 Å². The van der Waals surface area contributed by atoms with Crippen LogP contribution in [-0.2, 0) is 4.79 Å². The van der Waals surface area contributed by atoms with Crippen LogP contribution in [0.5, 0.6) is 5.75 Å². The lowest BCUT2D eigenvalue weighted by molar-refractivity contribution is -0.131. The molecule has 0 radical (unpaired) electrons. The van der Waals surface area contributed by atoms with Crippen LogP contribution in [0.15, 0.2) is 24.3 Å². The van der Waals surface area contributed by atoms with Gasteiger partial charge in [0.25, 0.3) is 0 Å². The normalized spacial score (nSPS) is 16.8. The molecule has 1 aliphatic rings. The second kappa shape index (κ2) is 7.53. The Labute approximate surface area is 125 Å². The molecule has 1 atom stereocenters. The summed E-state index contributed by atoms with van der Waals surface area (Å²) < 4.78 is 5.59. The predicted molar refractivity (Wildman–Crippen MR) is 81.3 cm³/mol. The molecule has 1 aliphatic heterocycles. The van der Waals surface area contributed by atoms with E-state index in [2.05, 4.69) is 6.92 Å². The van der Waals surface area contributed by atoms with E-state index in [1.54, 1.807) is 0 Å². The van der Waals surface area contributed by atoms with E-state index < -0.39 is 5.38 Å². The van der Waals surface area contributed by atoms with Crippen molar-refractivity contribution in [2.45, 2.75) is 38.0 Å². The molecule has 1 saturated heterocycles. The van der Waals surface area contributed by atoms with Crippen LogP contribution in [0.1, 0.15) is 43.5 Å². The van der Waals surface area contributed by atoms with Gasteiger partial charge in [0, 0.05) is 13.1 Å². The fourth-order valence-corrected chi connectivity index (χ4v) is 2.67. The summed E-state index contributed by atoms with van der Waals surface area (Å²) >= 11 is 6.35. The first kappa shape index (κ1) is 15.2. The summed E-state index contributed by atoms with van der Waals surface area (Å²) in [6.07, 6.45) is 4.32. The van der Waals surface area contributed by atoms with E-state index in [0.29, 0.717) is 6.61 Å². The molecule has 20 heavy (non-hydrogen) atoms. The Bertz CT molecular complexity index is 444. The van der Waals surface area contributed by atoms with E-state index in [1.807, 2.05) is 29.2 Å². The van der Waals surface area contributed by atoms with Gasteiger partial charge in [0.1, 0.15) is 11.1 Å². The van der Waals surface area contributed by atoms with Crippen molar-refractivity contribution < 1.29 is 9.53 Å². The van der Waals surface area contributed by atoms with E-state index in [4.69, 9.17) is 16.3 Å². The van der Waals surface area contributed by atoms with E-state index in [9.17, 15) is 4.79 Å². The van der Waals surface area contributed by atoms with Crippen LogP contribution >= 0.6 is 11.6 Å². The number of hydrogen-bond donors (Lipinski definition) is 0. The molecular formula is C16H22ClNO2.